The van der Waals surface area contributed by atoms with Crippen LogP contribution in [0.1, 0.15) is 472 Å². The lowest BCUT2D eigenvalue weighted by Gasteiger charge is -2.21. The van der Waals surface area contributed by atoms with Crippen molar-refractivity contribution in [2.75, 3.05) is 39.6 Å². The molecule has 19 heteroatoms. The van der Waals surface area contributed by atoms with E-state index in [1.807, 2.05) is 0 Å². The largest absolute Gasteiger partial charge is 0.472 e. The summed E-state index contributed by atoms with van der Waals surface area (Å²) in [4.78, 5) is 73.3. The zero-order valence-electron chi connectivity index (χ0n) is 70.5. The second kappa shape index (κ2) is 79.3. The van der Waals surface area contributed by atoms with Crippen LogP contribution in [0.5, 0.6) is 0 Å². The smallest absolute Gasteiger partial charge is 0.462 e. The SMILES string of the molecule is CCCCCCCCCCCCCCCCCCCCCCCCC(=O)O[C@H](COC(=O)CCCCCCCCCCCCCCCCCCC(C)C)COP(=O)(O)OC[C@@H](O)COP(=O)(O)OC[C@@H](COC(=O)CCCCCCCCCCCC(C)C)OC(=O)CCCCCCCCCCCCCCCC. The highest BCUT2D eigenvalue weighted by Crippen LogP contribution is 2.45. The molecule has 0 aromatic heterocycles. The summed E-state index contributed by atoms with van der Waals surface area (Å²) in [5.74, 6) is -0.543. The van der Waals surface area contributed by atoms with Gasteiger partial charge in [-0.1, -0.05) is 420 Å². The van der Waals surface area contributed by atoms with Crippen molar-refractivity contribution in [2.24, 2.45) is 11.8 Å². The number of carbonyl (C=O) groups excluding carboxylic acids is 4. The Labute approximate surface area is 658 Å². The Morgan fingerprint density at radius 2 is 0.430 bits per heavy atom. The van der Waals surface area contributed by atoms with E-state index >= 15 is 0 Å². The van der Waals surface area contributed by atoms with Crippen molar-refractivity contribution in [1.29, 1.82) is 0 Å². The van der Waals surface area contributed by atoms with E-state index in [-0.39, 0.29) is 25.7 Å². The molecule has 0 aliphatic carbocycles. The Balaban J connectivity index is 5.23. The maximum absolute atomic E-state index is 13.2. The summed E-state index contributed by atoms with van der Waals surface area (Å²) < 4.78 is 69.0. The van der Waals surface area contributed by atoms with Gasteiger partial charge in [0.25, 0.3) is 0 Å². The molecule has 0 fully saturated rings. The standard InChI is InChI=1S/C88H172O17P2/c1-7-9-11-13-15-17-19-21-23-24-25-26-27-28-29-34-38-42-48-55-61-67-73-88(93)104-83(76-98-85(90)70-64-58-52-46-40-37-33-31-30-32-35-39-44-50-56-62-68-80(3)4)78-102-106(94,95)100-74-82(89)75-101-107(96,97)103-79-84(77-99-86(91)71-65-59-53-49-43-45-51-57-63-69-81(5)6)105-87(92)72-66-60-54-47-41-36-22-20-18-16-14-12-10-8-2/h80-84,89H,7-79H2,1-6H3,(H,94,95)(H,96,97)/t82-,83-,84-/m1/s1. The molecule has 0 amide bonds. The first kappa shape index (κ1) is 105. The van der Waals surface area contributed by atoms with Gasteiger partial charge in [0.15, 0.2) is 12.2 Å². The minimum absolute atomic E-state index is 0.108. The van der Waals surface area contributed by atoms with Crippen LogP contribution in [0.2, 0.25) is 0 Å². The summed E-state index contributed by atoms with van der Waals surface area (Å²) >= 11 is 0. The molecule has 17 nitrogen and oxygen atoms in total. The van der Waals surface area contributed by atoms with Gasteiger partial charge in [0.05, 0.1) is 26.4 Å². The first-order chi connectivity index (χ1) is 51.9. The van der Waals surface area contributed by atoms with Crippen LogP contribution in [0.25, 0.3) is 0 Å². The molecule has 2 unspecified atom stereocenters. The first-order valence-corrected chi connectivity index (χ1v) is 48.5. The summed E-state index contributed by atoms with van der Waals surface area (Å²) in [6.45, 7) is 9.70. The van der Waals surface area contributed by atoms with Gasteiger partial charge in [0, 0.05) is 25.7 Å². The average molecular weight is 1560 g/mol. The van der Waals surface area contributed by atoms with Crippen LogP contribution in [0.3, 0.4) is 0 Å². The molecule has 3 N–H and O–H groups in total. The maximum atomic E-state index is 13.2. The number of carbonyl (C=O) groups is 4. The Kier molecular flexibility index (Phi) is 77.9. The summed E-state index contributed by atoms with van der Waals surface area (Å²) in [5.41, 5.74) is 0. The van der Waals surface area contributed by atoms with Crippen molar-refractivity contribution >= 4 is 39.5 Å². The molecule has 636 valence electrons. The number of aliphatic hydroxyl groups excluding tert-OH is 1. The second-order valence-corrected chi connectivity index (χ2v) is 35.5. The van der Waals surface area contributed by atoms with Crippen LogP contribution in [0.4, 0.5) is 0 Å². The third-order valence-electron chi connectivity index (χ3n) is 20.7. The molecule has 5 atom stereocenters. The van der Waals surface area contributed by atoms with Gasteiger partial charge >= 0.3 is 39.5 Å². The molecule has 0 heterocycles. The molecular weight excluding hydrogens is 1390 g/mol. The molecular formula is C88H172O17P2. The van der Waals surface area contributed by atoms with Gasteiger partial charge in [0.2, 0.25) is 0 Å². The predicted molar refractivity (Wildman–Crippen MR) is 442 cm³/mol. The number of esters is 4. The van der Waals surface area contributed by atoms with E-state index in [4.69, 9.17) is 37.0 Å². The van der Waals surface area contributed by atoms with Crippen LogP contribution < -0.4 is 0 Å². The quantitative estimate of drug-likeness (QED) is 0.0222. The fourth-order valence-electron chi connectivity index (χ4n) is 13.8. The molecule has 0 radical (unpaired) electrons. The topological polar surface area (TPSA) is 237 Å². The fourth-order valence-corrected chi connectivity index (χ4v) is 15.4. The molecule has 0 aromatic rings. The van der Waals surface area contributed by atoms with Crippen molar-refractivity contribution in [3.63, 3.8) is 0 Å². The predicted octanol–water partition coefficient (Wildman–Crippen LogP) is 27.0. The average Bonchev–Trinajstić information content (AvgIpc) is 0.900. The van der Waals surface area contributed by atoms with E-state index < -0.39 is 97.5 Å². The van der Waals surface area contributed by atoms with E-state index in [2.05, 4.69) is 41.5 Å². The lowest BCUT2D eigenvalue weighted by Crippen LogP contribution is -2.30. The Morgan fingerprint density at radius 3 is 0.636 bits per heavy atom. The zero-order valence-corrected chi connectivity index (χ0v) is 72.2. The van der Waals surface area contributed by atoms with Crippen molar-refractivity contribution in [2.45, 2.75) is 490 Å². The van der Waals surface area contributed by atoms with Crippen LogP contribution in [-0.4, -0.2) is 96.7 Å². The van der Waals surface area contributed by atoms with Gasteiger partial charge in [-0.2, -0.15) is 0 Å². The van der Waals surface area contributed by atoms with E-state index in [1.54, 1.807) is 0 Å². The fraction of sp³-hybridized carbons (Fsp3) is 0.955. The maximum Gasteiger partial charge on any atom is 0.472 e. The number of phosphoric ester groups is 2. The zero-order chi connectivity index (χ0) is 78.5. The van der Waals surface area contributed by atoms with Gasteiger partial charge in [-0.15, -0.1) is 0 Å². The van der Waals surface area contributed by atoms with E-state index in [9.17, 15) is 43.2 Å². The number of aliphatic hydroxyl groups is 1. The van der Waals surface area contributed by atoms with E-state index in [1.165, 1.54) is 289 Å². The lowest BCUT2D eigenvalue weighted by molar-refractivity contribution is -0.161. The normalized spacial score (nSPS) is 13.8. The molecule has 0 aliphatic rings. The number of unbranched alkanes of at least 4 members (excludes halogenated alkanes) is 57. The lowest BCUT2D eigenvalue weighted by atomic mass is 10.0. The monoisotopic (exact) mass is 1560 g/mol. The molecule has 0 bridgehead atoms. The Morgan fingerprint density at radius 1 is 0.252 bits per heavy atom. The molecule has 0 saturated heterocycles. The van der Waals surface area contributed by atoms with Crippen LogP contribution in [-0.2, 0) is 65.4 Å². The van der Waals surface area contributed by atoms with E-state index in [0.29, 0.717) is 25.7 Å². The van der Waals surface area contributed by atoms with Crippen molar-refractivity contribution in [3.05, 3.63) is 0 Å². The highest BCUT2D eigenvalue weighted by Gasteiger charge is 2.30. The molecule has 0 aliphatic heterocycles. The third-order valence-corrected chi connectivity index (χ3v) is 22.6. The van der Waals surface area contributed by atoms with Gasteiger partial charge < -0.3 is 33.8 Å². The minimum Gasteiger partial charge on any atom is -0.462 e. The Bertz CT molecular complexity index is 2050. The third kappa shape index (κ3) is 81.9. The van der Waals surface area contributed by atoms with Gasteiger partial charge in [-0.3, -0.25) is 37.3 Å². The van der Waals surface area contributed by atoms with Gasteiger partial charge in [-0.05, 0) is 37.5 Å². The summed E-state index contributed by atoms with van der Waals surface area (Å²) in [7, 11) is -9.93. The molecule has 107 heavy (non-hydrogen) atoms. The van der Waals surface area contributed by atoms with Crippen molar-refractivity contribution < 1.29 is 80.2 Å². The number of hydrogen-bond donors (Lipinski definition) is 3. The number of phosphoric acid groups is 2. The minimum atomic E-state index is -4.97. The highest BCUT2D eigenvalue weighted by atomic mass is 31.2. The van der Waals surface area contributed by atoms with Crippen LogP contribution in [0, 0.1) is 11.8 Å². The van der Waals surface area contributed by atoms with Crippen molar-refractivity contribution in [1.82, 2.24) is 0 Å². The second-order valence-electron chi connectivity index (χ2n) is 32.6. The Hall–Kier alpha value is -1.94. The summed E-state index contributed by atoms with van der Waals surface area (Å²) in [6, 6.07) is 0. The summed E-state index contributed by atoms with van der Waals surface area (Å²) in [5, 5.41) is 10.7. The van der Waals surface area contributed by atoms with Gasteiger partial charge in [-0.25, -0.2) is 9.13 Å². The summed E-state index contributed by atoms with van der Waals surface area (Å²) in [6.07, 6.45) is 72.3. The van der Waals surface area contributed by atoms with Gasteiger partial charge in [0.1, 0.15) is 19.3 Å². The molecule has 0 aromatic carbocycles. The number of hydrogen-bond acceptors (Lipinski definition) is 15. The number of rotatable bonds is 87. The molecule has 0 spiro atoms. The van der Waals surface area contributed by atoms with E-state index in [0.717, 1.165) is 102 Å². The van der Waals surface area contributed by atoms with Crippen molar-refractivity contribution in [3.8, 4) is 0 Å². The first-order valence-electron chi connectivity index (χ1n) is 45.5. The molecule has 0 saturated carbocycles. The van der Waals surface area contributed by atoms with Crippen LogP contribution >= 0.6 is 15.6 Å². The number of ether oxygens (including phenoxy) is 4. The highest BCUT2D eigenvalue weighted by molar-refractivity contribution is 7.47. The van der Waals surface area contributed by atoms with Crippen LogP contribution in [0.15, 0.2) is 0 Å². The molecule has 0 rings (SSSR count).